The summed E-state index contributed by atoms with van der Waals surface area (Å²) in [7, 11) is -3.73. The number of fused-ring (bicyclic) bond motifs is 1. The fraction of sp³-hybridized carbons (Fsp3) is 0.379. The van der Waals surface area contributed by atoms with Crippen molar-refractivity contribution in [2.45, 2.75) is 62.3 Å². The highest BCUT2D eigenvalue weighted by atomic mass is 32.2. The van der Waals surface area contributed by atoms with Crippen LogP contribution in [-0.2, 0) is 33.8 Å². The topological polar surface area (TPSA) is 49.4 Å². The molecule has 0 saturated heterocycles. The summed E-state index contributed by atoms with van der Waals surface area (Å²) >= 11 is 0. The van der Waals surface area contributed by atoms with E-state index in [2.05, 4.69) is 54.7 Å². The largest absolute Gasteiger partial charge is 0.298 e. The van der Waals surface area contributed by atoms with Gasteiger partial charge in [0.15, 0.2) is 0 Å². The van der Waals surface area contributed by atoms with Crippen LogP contribution in [0.2, 0.25) is 0 Å². The molecule has 0 amide bonds. The Morgan fingerprint density at radius 2 is 1.63 bits per heavy atom. The Morgan fingerprint density at radius 1 is 0.943 bits per heavy atom. The first-order chi connectivity index (χ1) is 16.5. The van der Waals surface area contributed by atoms with Crippen molar-refractivity contribution in [1.82, 2.24) is 4.90 Å². The first kappa shape index (κ1) is 24.0. The van der Waals surface area contributed by atoms with Crippen LogP contribution in [0, 0.1) is 5.82 Å². The molecule has 4 nitrogen and oxygen atoms in total. The van der Waals surface area contributed by atoms with Crippen LogP contribution < -0.4 is 4.72 Å². The molecule has 0 bridgehead atoms. The van der Waals surface area contributed by atoms with Gasteiger partial charge in [-0.3, -0.25) is 9.62 Å². The lowest BCUT2D eigenvalue weighted by atomic mass is 9.84. The number of nitrogens with one attached hydrogen (secondary N) is 1. The summed E-state index contributed by atoms with van der Waals surface area (Å²) < 4.78 is 41.4. The predicted molar refractivity (Wildman–Crippen MR) is 139 cm³/mol. The summed E-state index contributed by atoms with van der Waals surface area (Å²) in [5, 5.41) is 0. The summed E-state index contributed by atoms with van der Waals surface area (Å²) in [4.78, 5) is 2.75. The third-order valence-electron chi connectivity index (χ3n) is 7.42. The average molecular weight is 493 g/mol. The van der Waals surface area contributed by atoms with Gasteiger partial charge >= 0.3 is 0 Å². The maximum atomic E-state index is 13.1. The smallest absolute Gasteiger partial charge is 0.261 e. The molecule has 3 aromatic rings. The second kappa shape index (κ2) is 8.75. The normalized spacial score (nSPS) is 17.6. The van der Waals surface area contributed by atoms with Crippen molar-refractivity contribution in [1.29, 1.82) is 0 Å². The molecule has 1 aliphatic carbocycles. The zero-order valence-corrected chi connectivity index (χ0v) is 21.5. The van der Waals surface area contributed by atoms with Crippen LogP contribution in [0.25, 0.3) is 0 Å². The monoisotopic (exact) mass is 492 g/mol. The highest BCUT2D eigenvalue weighted by Gasteiger charge is 2.45. The molecule has 0 radical (unpaired) electrons. The van der Waals surface area contributed by atoms with Crippen LogP contribution >= 0.6 is 0 Å². The number of nitrogens with zero attached hydrogens (tertiary/aromatic N) is 1. The van der Waals surface area contributed by atoms with E-state index in [4.69, 9.17) is 0 Å². The van der Waals surface area contributed by atoms with E-state index in [1.807, 2.05) is 6.07 Å². The van der Waals surface area contributed by atoms with Crippen molar-refractivity contribution in [2.24, 2.45) is 0 Å². The Labute approximate surface area is 208 Å². The van der Waals surface area contributed by atoms with Crippen LogP contribution in [0.3, 0.4) is 0 Å². The fourth-order valence-electron chi connectivity index (χ4n) is 5.06. The molecular weight excluding hydrogens is 459 g/mol. The minimum Gasteiger partial charge on any atom is -0.298 e. The van der Waals surface area contributed by atoms with E-state index in [0.717, 1.165) is 31.6 Å². The Hall–Kier alpha value is -2.70. The number of halogens is 1. The van der Waals surface area contributed by atoms with E-state index in [0.29, 0.717) is 5.69 Å². The van der Waals surface area contributed by atoms with E-state index in [9.17, 15) is 12.8 Å². The van der Waals surface area contributed by atoms with Crippen molar-refractivity contribution in [3.8, 4) is 0 Å². The van der Waals surface area contributed by atoms with Crippen LogP contribution in [0.15, 0.2) is 71.6 Å². The maximum absolute atomic E-state index is 13.1. The van der Waals surface area contributed by atoms with Crippen molar-refractivity contribution >= 4 is 15.7 Å². The highest BCUT2D eigenvalue weighted by Crippen LogP contribution is 2.49. The Morgan fingerprint density at radius 3 is 2.26 bits per heavy atom. The second-order valence-electron chi connectivity index (χ2n) is 11.1. The van der Waals surface area contributed by atoms with Crippen LogP contribution in [0.5, 0.6) is 0 Å². The van der Waals surface area contributed by atoms with Gasteiger partial charge in [0.25, 0.3) is 10.0 Å². The summed E-state index contributed by atoms with van der Waals surface area (Å²) in [6.45, 7) is 9.53. The molecule has 0 atom stereocenters. The number of hydrogen-bond acceptors (Lipinski definition) is 3. The average Bonchev–Trinajstić information content (AvgIpc) is 3.60. The Bertz CT molecular complexity index is 1320. The van der Waals surface area contributed by atoms with Gasteiger partial charge < -0.3 is 0 Å². The third-order valence-corrected chi connectivity index (χ3v) is 8.80. The van der Waals surface area contributed by atoms with Gasteiger partial charge in [-0.05, 0) is 83.3 Å². The SMILES string of the molecule is CC(C)(C)c1ccc(C2(CN3CCc4cc(S(=O)(=O)Nc5ccc(F)cc5)ccc4C3)CC2)cc1. The Kier molecular flexibility index (Phi) is 6.01. The fourth-order valence-corrected chi connectivity index (χ4v) is 6.17. The van der Waals surface area contributed by atoms with Crippen molar-refractivity contribution in [3.05, 3.63) is 94.8 Å². The summed E-state index contributed by atoms with van der Waals surface area (Å²) in [5.41, 5.74) is 5.83. The minimum atomic E-state index is -3.73. The molecule has 1 saturated carbocycles. The van der Waals surface area contributed by atoms with Crippen molar-refractivity contribution < 1.29 is 12.8 Å². The molecule has 3 aromatic carbocycles. The zero-order valence-electron chi connectivity index (χ0n) is 20.6. The number of hydrogen-bond donors (Lipinski definition) is 1. The first-order valence-electron chi connectivity index (χ1n) is 12.3. The molecular formula is C29H33FN2O2S. The molecule has 35 heavy (non-hydrogen) atoms. The van der Waals surface area contributed by atoms with Crippen LogP contribution in [-0.4, -0.2) is 26.4 Å². The molecule has 0 spiro atoms. The lowest BCUT2D eigenvalue weighted by Crippen LogP contribution is -2.37. The highest BCUT2D eigenvalue weighted by molar-refractivity contribution is 7.92. The van der Waals surface area contributed by atoms with Gasteiger partial charge in [-0.25, -0.2) is 12.8 Å². The molecule has 1 fully saturated rings. The summed E-state index contributed by atoms with van der Waals surface area (Å²) in [5.74, 6) is -0.402. The van der Waals surface area contributed by atoms with E-state index >= 15 is 0 Å². The number of benzene rings is 3. The molecule has 2 aliphatic rings. The van der Waals surface area contributed by atoms with Gasteiger partial charge in [0.1, 0.15) is 5.82 Å². The third kappa shape index (κ3) is 5.14. The molecule has 6 heteroatoms. The molecule has 1 aliphatic heterocycles. The number of anilines is 1. The molecule has 1 N–H and O–H groups in total. The summed E-state index contributed by atoms with van der Waals surface area (Å²) in [6, 6.07) is 19.9. The molecule has 5 rings (SSSR count). The molecule has 0 unspecified atom stereocenters. The van der Waals surface area contributed by atoms with Crippen molar-refractivity contribution in [3.63, 3.8) is 0 Å². The van der Waals surface area contributed by atoms with E-state index in [1.165, 1.54) is 53.8 Å². The summed E-state index contributed by atoms with van der Waals surface area (Å²) in [6.07, 6.45) is 3.27. The standard InChI is InChI=1S/C29H33FN2O2S/c1-28(2,3)23-5-7-24(8-6-23)29(15-16-29)20-32-17-14-21-18-27(13-4-22(21)19-32)35(33,34)31-26-11-9-25(30)10-12-26/h4-13,18,31H,14-17,19-20H2,1-3H3. The first-order valence-corrected chi connectivity index (χ1v) is 13.8. The molecule has 0 aromatic heterocycles. The second-order valence-corrected chi connectivity index (χ2v) is 12.8. The van der Waals surface area contributed by atoms with E-state index in [1.54, 1.807) is 12.1 Å². The molecule has 1 heterocycles. The van der Waals surface area contributed by atoms with E-state index < -0.39 is 15.8 Å². The number of sulfonamides is 1. The quantitative estimate of drug-likeness (QED) is 0.458. The lowest BCUT2D eigenvalue weighted by molar-refractivity contribution is 0.230. The van der Waals surface area contributed by atoms with Crippen molar-refractivity contribution in [2.75, 3.05) is 17.8 Å². The maximum Gasteiger partial charge on any atom is 0.261 e. The van der Waals surface area contributed by atoms with Gasteiger partial charge in [0.2, 0.25) is 0 Å². The van der Waals surface area contributed by atoms with Crippen LogP contribution in [0.4, 0.5) is 10.1 Å². The lowest BCUT2D eigenvalue weighted by Gasteiger charge is -2.32. The van der Waals surface area contributed by atoms with Gasteiger partial charge in [0, 0.05) is 30.7 Å². The predicted octanol–water partition coefficient (Wildman–Crippen LogP) is 6.01. The van der Waals surface area contributed by atoms with Gasteiger partial charge in [0.05, 0.1) is 4.90 Å². The van der Waals surface area contributed by atoms with Gasteiger partial charge in [-0.15, -0.1) is 0 Å². The molecule has 184 valence electrons. The zero-order chi connectivity index (χ0) is 24.8. The van der Waals surface area contributed by atoms with Gasteiger partial charge in [-0.2, -0.15) is 0 Å². The Balaban J connectivity index is 1.27. The van der Waals surface area contributed by atoms with E-state index in [-0.39, 0.29) is 15.7 Å². The minimum absolute atomic E-state index is 0.159. The number of rotatable bonds is 6. The van der Waals surface area contributed by atoms with Gasteiger partial charge in [-0.1, -0.05) is 51.1 Å². The van der Waals surface area contributed by atoms with Crippen LogP contribution in [0.1, 0.15) is 55.9 Å².